The van der Waals surface area contributed by atoms with Gasteiger partial charge in [0.2, 0.25) is 0 Å². The van der Waals surface area contributed by atoms with Crippen molar-refractivity contribution in [3.8, 4) is 11.1 Å². The lowest BCUT2D eigenvalue weighted by molar-refractivity contribution is 0.592. The minimum atomic E-state index is -2.99. The van der Waals surface area contributed by atoms with Gasteiger partial charge in [0.05, 0.1) is 0 Å². The lowest BCUT2D eigenvalue weighted by atomic mass is 10.0. The number of furan rings is 1. The molecule has 0 saturated heterocycles. The Hall–Kier alpha value is -4.39. The van der Waals surface area contributed by atoms with Crippen LogP contribution in [0.25, 0.3) is 43.8 Å². The van der Waals surface area contributed by atoms with Crippen molar-refractivity contribution in [3.63, 3.8) is 0 Å². The minimum absolute atomic E-state index is 0.829. The molecule has 0 amide bonds. The highest BCUT2D eigenvalue weighted by Gasteiger charge is 2.29. The van der Waals surface area contributed by atoms with E-state index in [1.54, 1.807) is 0 Å². The number of rotatable bonds is 4. The predicted octanol–water partition coefficient (Wildman–Crippen LogP) is 8.05. The second-order valence-electron chi connectivity index (χ2n) is 9.30. The van der Waals surface area contributed by atoms with Gasteiger partial charge in [0.15, 0.2) is 7.14 Å². The number of hydrogen-bond donors (Lipinski definition) is 0. The van der Waals surface area contributed by atoms with Crippen LogP contribution >= 0.6 is 7.14 Å². The van der Waals surface area contributed by atoms with E-state index < -0.39 is 7.14 Å². The summed E-state index contributed by atoms with van der Waals surface area (Å²) < 4.78 is 20.9. The highest BCUT2D eigenvalue weighted by molar-refractivity contribution is 7.85. The molecule has 7 aromatic rings. The summed E-state index contributed by atoms with van der Waals surface area (Å²) in [4.78, 5) is 0. The SMILES string of the molecule is O=P(c1ccccc1)(c1ccccc1)c1ccc(-c2ccc3oc4c5ccccc5ccc4c3c2)cc1. The van der Waals surface area contributed by atoms with Crippen LogP contribution in [0.4, 0.5) is 0 Å². The molecule has 0 saturated carbocycles. The van der Waals surface area contributed by atoms with Gasteiger partial charge in [-0.25, -0.2) is 0 Å². The molecule has 0 aliphatic heterocycles. The Balaban J connectivity index is 1.34. The van der Waals surface area contributed by atoms with E-state index in [4.69, 9.17) is 4.42 Å². The molecule has 0 fully saturated rings. The van der Waals surface area contributed by atoms with Gasteiger partial charge in [0.25, 0.3) is 0 Å². The van der Waals surface area contributed by atoms with Crippen LogP contribution in [0.2, 0.25) is 0 Å². The molecule has 0 N–H and O–H groups in total. The van der Waals surface area contributed by atoms with Gasteiger partial charge >= 0.3 is 0 Å². The first kappa shape index (κ1) is 21.9. The molecule has 1 aromatic heterocycles. The van der Waals surface area contributed by atoms with Crippen LogP contribution in [0.3, 0.4) is 0 Å². The average molecular weight is 495 g/mol. The van der Waals surface area contributed by atoms with Crippen molar-refractivity contribution >= 4 is 55.8 Å². The second-order valence-corrected chi connectivity index (χ2v) is 12.1. The maximum atomic E-state index is 14.6. The summed E-state index contributed by atoms with van der Waals surface area (Å²) in [5.41, 5.74) is 3.98. The summed E-state index contributed by atoms with van der Waals surface area (Å²) in [6, 6.07) is 46.7. The first-order valence-electron chi connectivity index (χ1n) is 12.4. The number of fused-ring (bicyclic) bond motifs is 5. The van der Waals surface area contributed by atoms with Gasteiger partial charge in [0.1, 0.15) is 11.2 Å². The molecule has 3 heteroatoms. The Bertz CT molecular complexity index is 1890. The fraction of sp³-hybridized carbons (Fsp3) is 0. The van der Waals surface area contributed by atoms with Gasteiger partial charge < -0.3 is 8.98 Å². The van der Waals surface area contributed by atoms with Crippen LogP contribution in [0.1, 0.15) is 0 Å². The molecule has 0 aliphatic carbocycles. The van der Waals surface area contributed by atoms with Crippen molar-refractivity contribution < 1.29 is 8.98 Å². The Morgan fingerprint density at radius 3 is 1.76 bits per heavy atom. The third-order valence-electron chi connectivity index (χ3n) is 7.17. The van der Waals surface area contributed by atoms with Crippen LogP contribution in [-0.4, -0.2) is 0 Å². The third-order valence-corrected chi connectivity index (χ3v) is 10.2. The predicted molar refractivity (Wildman–Crippen MR) is 156 cm³/mol. The summed E-state index contributed by atoms with van der Waals surface area (Å²) >= 11 is 0. The summed E-state index contributed by atoms with van der Waals surface area (Å²) in [5.74, 6) is 0. The van der Waals surface area contributed by atoms with Gasteiger partial charge in [-0.3, -0.25) is 0 Å². The van der Waals surface area contributed by atoms with E-state index >= 15 is 0 Å². The smallest absolute Gasteiger partial charge is 0.171 e. The van der Waals surface area contributed by atoms with E-state index in [1.807, 2.05) is 91.0 Å². The zero-order valence-electron chi connectivity index (χ0n) is 20.0. The zero-order chi connectivity index (χ0) is 24.8. The van der Waals surface area contributed by atoms with Crippen LogP contribution in [0.15, 0.2) is 144 Å². The highest BCUT2D eigenvalue weighted by Crippen LogP contribution is 2.43. The van der Waals surface area contributed by atoms with Gasteiger partial charge in [-0.05, 0) is 34.7 Å². The molecule has 2 nitrogen and oxygen atoms in total. The Morgan fingerprint density at radius 2 is 1.05 bits per heavy atom. The molecule has 0 spiro atoms. The fourth-order valence-corrected chi connectivity index (χ4v) is 7.92. The maximum Gasteiger partial charge on any atom is 0.171 e. The van der Waals surface area contributed by atoms with E-state index in [0.29, 0.717) is 0 Å². The molecule has 37 heavy (non-hydrogen) atoms. The number of benzene rings is 6. The van der Waals surface area contributed by atoms with Crippen LogP contribution < -0.4 is 15.9 Å². The highest BCUT2D eigenvalue weighted by atomic mass is 31.2. The van der Waals surface area contributed by atoms with Gasteiger partial charge in [-0.15, -0.1) is 0 Å². The summed E-state index contributed by atoms with van der Waals surface area (Å²) in [6.07, 6.45) is 0. The van der Waals surface area contributed by atoms with Crippen LogP contribution in [0, 0.1) is 0 Å². The molecule has 7 rings (SSSR count). The molecular weight excluding hydrogens is 471 g/mol. The topological polar surface area (TPSA) is 30.2 Å². The molecule has 0 atom stereocenters. The lowest BCUT2D eigenvalue weighted by Crippen LogP contribution is -2.24. The van der Waals surface area contributed by atoms with Crippen molar-refractivity contribution in [1.29, 1.82) is 0 Å². The molecule has 6 aromatic carbocycles. The van der Waals surface area contributed by atoms with Crippen LogP contribution in [0.5, 0.6) is 0 Å². The van der Waals surface area contributed by atoms with E-state index in [1.165, 1.54) is 5.39 Å². The Kier molecular flexibility index (Phi) is 5.09. The van der Waals surface area contributed by atoms with E-state index in [-0.39, 0.29) is 0 Å². The normalized spacial score (nSPS) is 11.9. The largest absolute Gasteiger partial charge is 0.455 e. The lowest BCUT2D eigenvalue weighted by Gasteiger charge is -2.20. The first-order chi connectivity index (χ1) is 18.2. The standard InChI is InChI=1S/C34H23O2P/c35-37(27-10-3-1-4-11-27,28-12-5-2-6-13-28)29-19-15-24(16-20-29)26-18-22-33-32(23-26)31-21-17-25-9-7-8-14-30(25)34(31)36-33/h1-23H. The van der Waals surface area contributed by atoms with Crippen molar-refractivity contribution in [1.82, 2.24) is 0 Å². The molecule has 0 radical (unpaired) electrons. The summed E-state index contributed by atoms with van der Waals surface area (Å²) in [5, 5.41) is 7.02. The molecule has 0 aliphatic rings. The maximum absolute atomic E-state index is 14.6. The van der Waals surface area contributed by atoms with Crippen molar-refractivity contribution in [2.24, 2.45) is 0 Å². The van der Waals surface area contributed by atoms with Crippen LogP contribution in [-0.2, 0) is 4.57 Å². The molecule has 176 valence electrons. The zero-order valence-corrected chi connectivity index (χ0v) is 20.9. The molecule has 1 heterocycles. The summed E-state index contributed by atoms with van der Waals surface area (Å²) in [6.45, 7) is 0. The van der Waals surface area contributed by atoms with Crippen molar-refractivity contribution in [2.75, 3.05) is 0 Å². The van der Waals surface area contributed by atoms with Gasteiger partial charge in [-0.1, -0.05) is 121 Å². The first-order valence-corrected chi connectivity index (χ1v) is 14.1. The van der Waals surface area contributed by atoms with E-state index in [0.717, 1.165) is 54.4 Å². The van der Waals surface area contributed by atoms with Gasteiger partial charge in [-0.2, -0.15) is 0 Å². The monoisotopic (exact) mass is 494 g/mol. The molecule has 0 bridgehead atoms. The quantitative estimate of drug-likeness (QED) is 0.232. The van der Waals surface area contributed by atoms with Crippen molar-refractivity contribution in [3.05, 3.63) is 140 Å². The molecule has 0 unspecified atom stereocenters. The number of hydrogen-bond acceptors (Lipinski definition) is 2. The summed E-state index contributed by atoms with van der Waals surface area (Å²) in [7, 11) is -2.99. The van der Waals surface area contributed by atoms with Crippen molar-refractivity contribution in [2.45, 2.75) is 0 Å². The van der Waals surface area contributed by atoms with E-state index in [9.17, 15) is 4.57 Å². The fourth-order valence-electron chi connectivity index (χ4n) is 5.27. The van der Waals surface area contributed by atoms with E-state index in [2.05, 4.69) is 48.5 Å². The minimum Gasteiger partial charge on any atom is -0.455 e. The third kappa shape index (κ3) is 3.53. The van der Waals surface area contributed by atoms with Gasteiger partial charge in [0, 0.05) is 32.1 Å². The average Bonchev–Trinajstić information content (AvgIpc) is 3.36. The second kappa shape index (κ2) is 8.62. The molecular formula is C34H23O2P. The Morgan fingerprint density at radius 1 is 0.459 bits per heavy atom. The Labute approximate surface area is 215 Å².